The average molecular weight is 518 g/mol. The van der Waals surface area contributed by atoms with Crippen LogP contribution >= 0.6 is 0 Å². The van der Waals surface area contributed by atoms with E-state index in [0.717, 1.165) is 49.0 Å². The van der Waals surface area contributed by atoms with Crippen molar-refractivity contribution >= 4 is 72.2 Å². The molecule has 0 amide bonds. The van der Waals surface area contributed by atoms with Crippen LogP contribution in [-0.2, 0) is 0 Å². The highest BCUT2D eigenvalue weighted by molar-refractivity contribution is 6.60. The molecular formula is C36H21B3O2. The normalized spacial score (nSPS) is 11.4. The van der Waals surface area contributed by atoms with Gasteiger partial charge in [-0.1, -0.05) is 120 Å². The third-order valence-corrected chi connectivity index (χ3v) is 8.00. The average Bonchev–Trinajstić information content (AvgIpc) is 3.02. The first kappa shape index (κ1) is 25.1. The van der Waals surface area contributed by atoms with E-state index >= 15 is 0 Å². The molecule has 0 aliphatic rings. The Balaban J connectivity index is 1.59. The van der Waals surface area contributed by atoms with E-state index in [-0.39, 0.29) is 22.0 Å². The topological polar surface area (TPSA) is 40.5 Å². The summed E-state index contributed by atoms with van der Waals surface area (Å²) in [7, 11) is 18.6. The molecule has 7 rings (SSSR count). The highest BCUT2D eigenvalue weighted by atomic mass is 16.3. The molecule has 5 heteroatoms. The molecule has 0 saturated heterocycles. The summed E-state index contributed by atoms with van der Waals surface area (Å²) in [5.41, 5.74) is 5.47. The lowest BCUT2D eigenvalue weighted by atomic mass is 9.68. The number of rotatable bonds is 3. The predicted octanol–water partition coefficient (Wildman–Crippen LogP) is 5.94. The number of phenolic OH excluding ortho intramolecular Hbond substituents is 2. The third kappa shape index (κ3) is 3.84. The molecule has 41 heavy (non-hydrogen) atoms. The van der Waals surface area contributed by atoms with Crippen molar-refractivity contribution in [2.75, 3.05) is 0 Å². The van der Waals surface area contributed by atoms with E-state index in [9.17, 15) is 10.2 Å². The molecule has 186 valence electrons. The Kier molecular flexibility index (Phi) is 5.90. The van der Waals surface area contributed by atoms with Gasteiger partial charge in [0.25, 0.3) is 0 Å². The molecule has 2 nitrogen and oxygen atoms in total. The Morgan fingerprint density at radius 2 is 0.976 bits per heavy atom. The van der Waals surface area contributed by atoms with E-state index < -0.39 is 11.5 Å². The molecule has 0 atom stereocenters. The van der Waals surface area contributed by atoms with Crippen LogP contribution in [0.1, 0.15) is 0 Å². The van der Waals surface area contributed by atoms with Gasteiger partial charge in [0.15, 0.2) is 5.75 Å². The lowest BCUT2D eigenvalue weighted by molar-refractivity contribution is 0.409. The summed E-state index contributed by atoms with van der Waals surface area (Å²) >= 11 is 0. The van der Waals surface area contributed by atoms with E-state index in [1.165, 1.54) is 5.56 Å². The maximum absolute atomic E-state index is 11.1. The number of benzene rings is 7. The van der Waals surface area contributed by atoms with Gasteiger partial charge in [0.2, 0.25) is 0 Å². The van der Waals surface area contributed by atoms with Crippen LogP contribution in [0.4, 0.5) is 0 Å². The molecule has 0 bridgehead atoms. The van der Waals surface area contributed by atoms with Crippen molar-refractivity contribution in [3.63, 3.8) is 0 Å². The number of hydrogen-bond donors (Lipinski definition) is 2. The Labute approximate surface area is 242 Å². The molecule has 0 aliphatic heterocycles. The van der Waals surface area contributed by atoms with Gasteiger partial charge in [-0.3, -0.25) is 0 Å². The SMILES string of the molecule is [B]c1c([B])c(O)c(O)c(-c2c3ccccc3c(-c3cccc4cc(-c5ccccc5)ccc34)c3ccccc23)c1[B]. The van der Waals surface area contributed by atoms with Crippen molar-refractivity contribution < 1.29 is 10.2 Å². The monoisotopic (exact) mass is 518 g/mol. The highest BCUT2D eigenvalue weighted by Gasteiger charge is 2.23. The van der Waals surface area contributed by atoms with Crippen molar-refractivity contribution in [1.82, 2.24) is 0 Å². The van der Waals surface area contributed by atoms with Gasteiger partial charge in [-0.05, 0) is 60.6 Å². The fourth-order valence-corrected chi connectivity index (χ4v) is 6.03. The van der Waals surface area contributed by atoms with E-state index in [1.807, 2.05) is 42.5 Å². The van der Waals surface area contributed by atoms with Gasteiger partial charge in [0.1, 0.15) is 29.3 Å². The molecule has 2 N–H and O–H groups in total. The smallest absolute Gasteiger partial charge is 0.164 e. The Bertz CT molecular complexity index is 2070. The largest absolute Gasteiger partial charge is 0.505 e. The van der Waals surface area contributed by atoms with Gasteiger partial charge >= 0.3 is 0 Å². The fourth-order valence-electron chi connectivity index (χ4n) is 6.03. The molecule has 0 aromatic heterocycles. The third-order valence-electron chi connectivity index (χ3n) is 8.00. The molecule has 6 radical (unpaired) electrons. The summed E-state index contributed by atoms with van der Waals surface area (Å²) in [5.74, 6) is -0.872. The van der Waals surface area contributed by atoms with Crippen LogP contribution < -0.4 is 16.4 Å². The maximum atomic E-state index is 11.1. The zero-order chi connectivity index (χ0) is 28.2. The first-order valence-electron chi connectivity index (χ1n) is 13.4. The van der Waals surface area contributed by atoms with Gasteiger partial charge in [0.05, 0.1) is 0 Å². The van der Waals surface area contributed by atoms with Crippen molar-refractivity contribution in [2.24, 2.45) is 0 Å². The van der Waals surface area contributed by atoms with Gasteiger partial charge in [0, 0.05) is 11.1 Å². The van der Waals surface area contributed by atoms with Gasteiger partial charge in [-0.25, -0.2) is 0 Å². The minimum Gasteiger partial charge on any atom is -0.505 e. The quantitative estimate of drug-likeness (QED) is 0.173. The molecule has 0 unspecified atom stereocenters. The van der Waals surface area contributed by atoms with Crippen LogP contribution in [0.25, 0.3) is 65.7 Å². The molecule has 0 spiro atoms. The highest BCUT2D eigenvalue weighted by Crippen LogP contribution is 2.47. The van der Waals surface area contributed by atoms with Gasteiger partial charge in [-0.15, -0.1) is 5.46 Å². The second kappa shape index (κ2) is 9.64. The summed E-state index contributed by atoms with van der Waals surface area (Å²) in [5, 5.41) is 27.7. The molecule has 0 aliphatic carbocycles. The molecular weight excluding hydrogens is 497 g/mol. The maximum Gasteiger partial charge on any atom is 0.164 e. The van der Waals surface area contributed by atoms with Crippen LogP contribution in [0.5, 0.6) is 11.5 Å². The number of aromatic hydroxyl groups is 2. The summed E-state index contributed by atoms with van der Waals surface area (Å²) in [4.78, 5) is 0. The fraction of sp³-hybridized carbons (Fsp3) is 0. The Morgan fingerprint density at radius 1 is 0.390 bits per heavy atom. The first-order valence-corrected chi connectivity index (χ1v) is 13.4. The zero-order valence-corrected chi connectivity index (χ0v) is 22.1. The first-order chi connectivity index (χ1) is 20.0. The van der Waals surface area contributed by atoms with Crippen molar-refractivity contribution in [3.8, 4) is 44.9 Å². The molecule has 0 saturated carbocycles. The van der Waals surface area contributed by atoms with Crippen LogP contribution in [0.3, 0.4) is 0 Å². The minimum atomic E-state index is -0.479. The second-order valence-corrected chi connectivity index (χ2v) is 10.3. The second-order valence-electron chi connectivity index (χ2n) is 10.3. The van der Waals surface area contributed by atoms with E-state index in [4.69, 9.17) is 23.5 Å². The number of phenols is 2. The molecule has 0 fully saturated rings. The zero-order valence-electron chi connectivity index (χ0n) is 22.1. The summed E-state index contributed by atoms with van der Waals surface area (Å²) in [6.45, 7) is 0. The van der Waals surface area contributed by atoms with E-state index in [2.05, 4.69) is 72.8 Å². The number of hydrogen-bond acceptors (Lipinski definition) is 2. The van der Waals surface area contributed by atoms with Gasteiger partial charge in [-0.2, -0.15) is 0 Å². The molecule has 7 aromatic rings. The molecule has 7 aromatic carbocycles. The number of fused-ring (bicyclic) bond motifs is 3. The Hall–Kier alpha value is -4.89. The standard InChI is InChI=1S/C36H21B3O2/c37-32-31(35(40)36(41)34(39)33(32)38)30-27-14-6-4-12-25(27)29(26-13-5-7-15-28(26)30)24-16-8-11-22-19-21(17-18-23(22)24)20-9-2-1-3-10-20/h1-19,40-41H. The van der Waals surface area contributed by atoms with Crippen molar-refractivity contribution in [1.29, 1.82) is 0 Å². The van der Waals surface area contributed by atoms with Crippen LogP contribution in [0.2, 0.25) is 0 Å². The van der Waals surface area contributed by atoms with Crippen molar-refractivity contribution in [2.45, 2.75) is 0 Å². The van der Waals surface area contributed by atoms with E-state index in [0.29, 0.717) is 5.56 Å². The summed E-state index contributed by atoms with van der Waals surface area (Å²) in [6.07, 6.45) is 0. The van der Waals surface area contributed by atoms with Crippen LogP contribution in [0, 0.1) is 0 Å². The summed E-state index contributed by atoms with van der Waals surface area (Å²) < 4.78 is 0. The van der Waals surface area contributed by atoms with Gasteiger partial charge < -0.3 is 10.2 Å². The lowest BCUT2D eigenvalue weighted by Crippen LogP contribution is -2.40. The van der Waals surface area contributed by atoms with Crippen LogP contribution in [0.15, 0.2) is 115 Å². The van der Waals surface area contributed by atoms with E-state index in [1.54, 1.807) is 0 Å². The minimum absolute atomic E-state index is 0.0378. The van der Waals surface area contributed by atoms with Crippen LogP contribution in [-0.4, -0.2) is 33.8 Å². The lowest BCUT2D eigenvalue weighted by Gasteiger charge is -2.23. The predicted molar refractivity (Wildman–Crippen MR) is 175 cm³/mol. The molecule has 0 heterocycles. The van der Waals surface area contributed by atoms with Crippen molar-refractivity contribution in [3.05, 3.63) is 115 Å². The Morgan fingerprint density at radius 3 is 1.61 bits per heavy atom. The summed E-state index contributed by atoms with van der Waals surface area (Å²) in [6, 6.07) is 39.4.